The molecule has 0 heterocycles. The molecule has 0 aliphatic rings. The van der Waals surface area contributed by atoms with Crippen molar-refractivity contribution in [3.63, 3.8) is 0 Å². The Kier molecular flexibility index (Phi) is 3.38. The predicted molar refractivity (Wildman–Crippen MR) is 87.3 cm³/mol. The fourth-order valence-corrected chi connectivity index (χ4v) is 3.28. The first kappa shape index (κ1) is 14.2. The lowest BCUT2D eigenvalue weighted by Crippen LogP contribution is -2.13. The van der Waals surface area contributed by atoms with Gasteiger partial charge in [-0.25, -0.2) is 8.42 Å². The van der Waals surface area contributed by atoms with Crippen molar-refractivity contribution in [3.05, 3.63) is 60.7 Å². The van der Waals surface area contributed by atoms with Crippen LogP contribution in [-0.2, 0) is 10.0 Å². The third kappa shape index (κ3) is 2.68. The van der Waals surface area contributed by atoms with Gasteiger partial charge in [-0.05, 0) is 35.0 Å². The highest BCUT2D eigenvalue weighted by Gasteiger charge is 2.16. The molecule has 0 atom stereocenters. The largest absolute Gasteiger partial charge is 0.506 e. The van der Waals surface area contributed by atoms with Gasteiger partial charge in [-0.1, -0.05) is 30.3 Å². The van der Waals surface area contributed by atoms with Crippen LogP contribution in [0, 0.1) is 0 Å². The molecule has 0 saturated carbocycles. The van der Waals surface area contributed by atoms with Crippen molar-refractivity contribution in [3.8, 4) is 5.75 Å². The Labute approximate surface area is 128 Å². The molecular weight excluding hydrogens is 300 g/mol. The van der Waals surface area contributed by atoms with Crippen LogP contribution in [0.2, 0.25) is 0 Å². The van der Waals surface area contributed by atoms with Crippen molar-refractivity contribution < 1.29 is 13.5 Å². The Balaban J connectivity index is 2.00. The summed E-state index contributed by atoms with van der Waals surface area (Å²) in [6.45, 7) is 0. The molecule has 0 aromatic heterocycles. The zero-order valence-corrected chi connectivity index (χ0v) is 12.3. The minimum Gasteiger partial charge on any atom is -0.506 e. The van der Waals surface area contributed by atoms with E-state index in [-0.39, 0.29) is 16.3 Å². The van der Waals surface area contributed by atoms with Gasteiger partial charge in [-0.3, -0.25) is 4.72 Å². The number of phenolic OH excluding ortho intramolecular Hbond substituents is 1. The van der Waals surface area contributed by atoms with Crippen LogP contribution in [0.3, 0.4) is 0 Å². The van der Waals surface area contributed by atoms with Gasteiger partial charge in [0.1, 0.15) is 5.75 Å². The average molecular weight is 314 g/mol. The molecule has 112 valence electrons. The number of sulfonamides is 1. The lowest BCUT2D eigenvalue weighted by molar-refractivity contribution is 0.478. The van der Waals surface area contributed by atoms with Gasteiger partial charge in [0.25, 0.3) is 10.0 Å². The molecule has 0 amide bonds. The summed E-state index contributed by atoms with van der Waals surface area (Å²) >= 11 is 0. The summed E-state index contributed by atoms with van der Waals surface area (Å²) < 4.78 is 27.2. The molecule has 6 heteroatoms. The van der Waals surface area contributed by atoms with Crippen molar-refractivity contribution >= 4 is 32.2 Å². The minimum atomic E-state index is -3.79. The van der Waals surface area contributed by atoms with Gasteiger partial charge in [0.2, 0.25) is 0 Å². The number of nitrogens with one attached hydrogen (secondary N) is 1. The van der Waals surface area contributed by atoms with Crippen LogP contribution in [0.5, 0.6) is 5.75 Å². The molecule has 0 fully saturated rings. The molecule has 0 radical (unpaired) electrons. The number of rotatable bonds is 3. The van der Waals surface area contributed by atoms with E-state index < -0.39 is 10.0 Å². The third-order valence-electron chi connectivity index (χ3n) is 3.30. The zero-order chi connectivity index (χ0) is 15.7. The Hall–Kier alpha value is -2.73. The average Bonchev–Trinajstić information content (AvgIpc) is 2.49. The lowest BCUT2D eigenvalue weighted by Gasteiger charge is -2.10. The van der Waals surface area contributed by atoms with Gasteiger partial charge in [-0.15, -0.1) is 0 Å². The van der Waals surface area contributed by atoms with Crippen molar-refractivity contribution in [2.75, 3.05) is 10.5 Å². The van der Waals surface area contributed by atoms with E-state index in [0.717, 1.165) is 10.8 Å². The predicted octanol–water partition coefficient (Wildman–Crippen LogP) is 2.93. The number of hydrogen-bond acceptors (Lipinski definition) is 4. The van der Waals surface area contributed by atoms with E-state index in [1.54, 1.807) is 12.1 Å². The van der Waals surface area contributed by atoms with E-state index in [2.05, 4.69) is 4.72 Å². The number of nitrogens with two attached hydrogens (primary N) is 1. The maximum absolute atomic E-state index is 12.4. The second-order valence-corrected chi connectivity index (χ2v) is 6.57. The molecule has 0 unspecified atom stereocenters. The molecule has 0 aliphatic carbocycles. The highest BCUT2D eigenvalue weighted by atomic mass is 32.2. The monoisotopic (exact) mass is 314 g/mol. The summed E-state index contributed by atoms with van der Waals surface area (Å²) in [6.07, 6.45) is 0. The van der Waals surface area contributed by atoms with Gasteiger partial charge in [0, 0.05) is 11.8 Å². The molecule has 5 nitrogen and oxygen atoms in total. The van der Waals surface area contributed by atoms with Crippen LogP contribution in [0.4, 0.5) is 11.4 Å². The van der Waals surface area contributed by atoms with E-state index in [4.69, 9.17) is 5.73 Å². The van der Waals surface area contributed by atoms with Gasteiger partial charge >= 0.3 is 0 Å². The summed E-state index contributed by atoms with van der Waals surface area (Å²) in [4.78, 5) is 0.127. The number of hydrogen-bond donors (Lipinski definition) is 3. The summed E-state index contributed by atoms with van der Waals surface area (Å²) in [6, 6.07) is 16.6. The number of aromatic hydroxyl groups is 1. The topological polar surface area (TPSA) is 92.4 Å². The Morgan fingerprint density at radius 2 is 1.64 bits per heavy atom. The highest BCUT2D eigenvalue weighted by Crippen LogP contribution is 2.28. The van der Waals surface area contributed by atoms with Crippen LogP contribution in [-0.4, -0.2) is 13.5 Å². The van der Waals surface area contributed by atoms with Crippen molar-refractivity contribution in [2.45, 2.75) is 4.90 Å². The fourth-order valence-electron chi connectivity index (χ4n) is 2.17. The molecule has 3 aromatic rings. The summed E-state index contributed by atoms with van der Waals surface area (Å²) in [5, 5.41) is 11.5. The first-order chi connectivity index (χ1) is 10.5. The molecule has 3 rings (SSSR count). The second kappa shape index (κ2) is 5.23. The zero-order valence-electron chi connectivity index (χ0n) is 11.5. The van der Waals surface area contributed by atoms with E-state index in [1.165, 1.54) is 24.3 Å². The van der Waals surface area contributed by atoms with Crippen LogP contribution in [0.1, 0.15) is 0 Å². The number of phenols is 1. The van der Waals surface area contributed by atoms with E-state index in [9.17, 15) is 13.5 Å². The van der Waals surface area contributed by atoms with E-state index in [0.29, 0.717) is 5.69 Å². The quantitative estimate of drug-likeness (QED) is 0.512. The maximum atomic E-state index is 12.4. The summed E-state index contributed by atoms with van der Waals surface area (Å²) in [5.74, 6) is -0.218. The second-order valence-electron chi connectivity index (χ2n) is 4.89. The first-order valence-electron chi connectivity index (χ1n) is 6.56. The van der Waals surface area contributed by atoms with E-state index in [1.807, 2.05) is 24.3 Å². The minimum absolute atomic E-state index is 0.0855. The van der Waals surface area contributed by atoms with Crippen LogP contribution >= 0.6 is 0 Å². The maximum Gasteiger partial charge on any atom is 0.262 e. The molecule has 0 spiro atoms. The van der Waals surface area contributed by atoms with Gasteiger partial charge in [0.05, 0.1) is 10.6 Å². The number of nitrogen functional groups attached to an aromatic ring is 1. The van der Waals surface area contributed by atoms with Crippen LogP contribution in [0.15, 0.2) is 65.6 Å². The standard InChI is InChI=1S/C16H14N2O3S/c17-13-6-8-15(16(19)10-13)18-22(20,21)14-7-5-11-3-1-2-4-12(11)9-14/h1-10,18-19H,17H2. The molecule has 0 aliphatic heterocycles. The van der Waals surface area contributed by atoms with Gasteiger partial charge < -0.3 is 10.8 Å². The molecule has 4 N–H and O–H groups in total. The fraction of sp³-hybridized carbons (Fsp3) is 0. The number of benzene rings is 3. The van der Waals surface area contributed by atoms with Crippen LogP contribution < -0.4 is 10.5 Å². The molecule has 0 saturated heterocycles. The molecular formula is C16H14N2O3S. The molecule has 3 aromatic carbocycles. The first-order valence-corrected chi connectivity index (χ1v) is 8.04. The SMILES string of the molecule is Nc1ccc(NS(=O)(=O)c2ccc3ccccc3c2)c(O)c1. The van der Waals surface area contributed by atoms with E-state index >= 15 is 0 Å². The summed E-state index contributed by atoms with van der Waals surface area (Å²) in [5.41, 5.74) is 5.97. The Bertz CT molecular complexity index is 953. The van der Waals surface area contributed by atoms with Gasteiger partial charge in [-0.2, -0.15) is 0 Å². The highest BCUT2D eigenvalue weighted by molar-refractivity contribution is 7.92. The third-order valence-corrected chi connectivity index (χ3v) is 4.66. The summed E-state index contributed by atoms with van der Waals surface area (Å²) in [7, 11) is -3.79. The number of fused-ring (bicyclic) bond motifs is 1. The Morgan fingerprint density at radius 1 is 0.909 bits per heavy atom. The van der Waals surface area contributed by atoms with Crippen molar-refractivity contribution in [1.29, 1.82) is 0 Å². The lowest BCUT2D eigenvalue weighted by atomic mass is 10.1. The smallest absolute Gasteiger partial charge is 0.262 e. The van der Waals surface area contributed by atoms with Gasteiger partial charge in [0.15, 0.2) is 0 Å². The van der Waals surface area contributed by atoms with Crippen LogP contribution in [0.25, 0.3) is 10.8 Å². The van der Waals surface area contributed by atoms with Crippen molar-refractivity contribution in [1.82, 2.24) is 0 Å². The van der Waals surface area contributed by atoms with Crippen molar-refractivity contribution in [2.24, 2.45) is 0 Å². The Morgan fingerprint density at radius 3 is 2.36 bits per heavy atom. The molecule has 22 heavy (non-hydrogen) atoms. The normalized spacial score (nSPS) is 11.5. The number of anilines is 2. The molecule has 0 bridgehead atoms.